The van der Waals surface area contributed by atoms with Crippen LogP contribution in [0.4, 0.5) is 5.69 Å². The molecule has 0 spiro atoms. The first-order chi connectivity index (χ1) is 8.59. The zero-order chi connectivity index (χ0) is 13.1. The number of hydrogen-bond acceptors (Lipinski definition) is 1. The molecule has 0 bridgehead atoms. The van der Waals surface area contributed by atoms with Gasteiger partial charge < -0.3 is 4.90 Å². The molecule has 2 aromatic rings. The fourth-order valence-electron chi connectivity index (χ4n) is 1.59. The first-order valence-electron chi connectivity index (χ1n) is 5.38. The van der Waals surface area contributed by atoms with E-state index in [1.54, 1.807) is 30.1 Å². The van der Waals surface area contributed by atoms with Crippen LogP contribution in [0.2, 0.25) is 10.0 Å². The van der Waals surface area contributed by atoms with Crippen molar-refractivity contribution in [3.8, 4) is 0 Å². The van der Waals surface area contributed by atoms with E-state index in [9.17, 15) is 4.79 Å². The number of amides is 1. The lowest BCUT2D eigenvalue weighted by atomic mass is 10.2. The highest BCUT2D eigenvalue weighted by molar-refractivity contribution is 6.42. The summed E-state index contributed by atoms with van der Waals surface area (Å²) >= 11 is 11.7. The molecule has 1 amide bonds. The third-order valence-corrected chi connectivity index (χ3v) is 3.35. The maximum atomic E-state index is 12.2. The number of rotatable bonds is 2. The number of nitrogens with zero attached hydrogens (tertiary/aromatic N) is 1. The standard InChI is InChI=1S/C14H11Cl2NO/c1-17(11-5-3-2-4-6-11)14(18)10-7-8-12(15)13(16)9-10/h2-9H,1H3. The Morgan fingerprint density at radius 3 is 2.28 bits per heavy atom. The van der Waals surface area contributed by atoms with E-state index < -0.39 is 0 Å². The van der Waals surface area contributed by atoms with Gasteiger partial charge in [0.25, 0.3) is 5.91 Å². The van der Waals surface area contributed by atoms with E-state index in [0.29, 0.717) is 15.6 Å². The highest BCUT2D eigenvalue weighted by atomic mass is 35.5. The second-order valence-corrected chi connectivity index (χ2v) is 4.64. The molecule has 2 aromatic carbocycles. The Morgan fingerprint density at radius 1 is 1.00 bits per heavy atom. The van der Waals surface area contributed by atoms with Gasteiger partial charge in [-0.25, -0.2) is 0 Å². The Kier molecular flexibility index (Phi) is 3.90. The number of halogens is 2. The van der Waals surface area contributed by atoms with Crippen molar-refractivity contribution >= 4 is 34.8 Å². The van der Waals surface area contributed by atoms with Crippen LogP contribution in [0.5, 0.6) is 0 Å². The summed E-state index contributed by atoms with van der Waals surface area (Å²) in [5.74, 6) is -0.125. The summed E-state index contributed by atoms with van der Waals surface area (Å²) in [5, 5.41) is 0.819. The van der Waals surface area contributed by atoms with Crippen LogP contribution in [0.15, 0.2) is 48.5 Å². The lowest BCUT2D eigenvalue weighted by molar-refractivity contribution is 0.0993. The minimum absolute atomic E-state index is 0.125. The molecule has 0 aliphatic heterocycles. The first kappa shape index (κ1) is 12.9. The van der Waals surface area contributed by atoms with Crippen LogP contribution in [0.1, 0.15) is 10.4 Å². The molecule has 0 heterocycles. The molecule has 18 heavy (non-hydrogen) atoms. The average Bonchev–Trinajstić information content (AvgIpc) is 2.41. The van der Waals surface area contributed by atoms with Crippen molar-refractivity contribution in [2.45, 2.75) is 0 Å². The molecule has 0 fully saturated rings. The van der Waals surface area contributed by atoms with Gasteiger partial charge in [-0.2, -0.15) is 0 Å². The van der Waals surface area contributed by atoms with Gasteiger partial charge in [0.1, 0.15) is 0 Å². The maximum Gasteiger partial charge on any atom is 0.258 e. The van der Waals surface area contributed by atoms with E-state index in [1.165, 1.54) is 0 Å². The van der Waals surface area contributed by atoms with Crippen LogP contribution in [0, 0.1) is 0 Å². The molecule has 0 N–H and O–H groups in total. The van der Waals surface area contributed by atoms with Gasteiger partial charge in [0.2, 0.25) is 0 Å². The number of hydrogen-bond donors (Lipinski definition) is 0. The normalized spacial score (nSPS) is 10.2. The van der Waals surface area contributed by atoms with Crippen LogP contribution in [0.3, 0.4) is 0 Å². The first-order valence-corrected chi connectivity index (χ1v) is 6.13. The van der Waals surface area contributed by atoms with Crippen molar-refractivity contribution in [1.82, 2.24) is 0 Å². The minimum atomic E-state index is -0.125. The Morgan fingerprint density at radius 2 is 1.67 bits per heavy atom. The van der Waals surface area contributed by atoms with Crippen LogP contribution in [0.25, 0.3) is 0 Å². The fraction of sp³-hybridized carbons (Fsp3) is 0.0714. The number of benzene rings is 2. The second kappa shape index (κ2) is 5.42. The quantitative estimate of drug-likeness (QED) is 0.804. The van der Waals surface area contributed by atoms with Crippen LogP contribution in [-0.4, -0.2) is 13.0 Å². The largest absolute Gasteiger partial charge is 0.311 e. The molecule has 0 radical (unpaired) electrons. The molecular formula is C14H11Cl2NO. The molecule has 0 saturated heterocycles. The number of para-hydroxylation sites is 1. The monoisotopic (exact) mass is 279 g/mol. The van der Waals surface area contributed by atoms with E-state index in [2.05, 4.69) is 0 Å². The summed E-state index contributed by atoms with van der Waals surface area (Å²) in [5.41, 5.74) is 1.34. The molecule has 92 valence electrons. The average molecular weight is 280 g/mol. The Bertz CT molecular complexity index is 569. The SMILES string of the molecule is CN(C(=O)c1ccc(Cl)c(Cl)c1)c1ccccc1. The molecule has 0 saturated carbocycles. The Labute approximate surface area is 116 Å². The molecule has 2 rings (SSSR count). The molecular weight excluding hydrogens is 269 g/mol. The predicted molar refractivity (Wildman–Crippen MR) is 75.6 cm³/mol. The van der Waals surface area contributed by atoms with Gasteiger partial charge in [0.15, 0.2) is 0 Å². The molecule has 0 unspecified atom stereocenters. The van der Waals surface area contributed by atoms with Crippen molar-refractivity contribution in [3.05, 3.63) is 64.1 Å². The number of carbonyl (C=O) groups excluding carboxylic acids is 1. The van der Waals surface area contributed by atoms with Gasteiger partial charge in [-0.05, 0) is 30.3 Å². The van der Waals surface area contributed by atoms with Crippen molar-refractivity contribution < 1.29 is 4.79 Å². The van der Waals surface area contributed by atoms with E-state index in [-0.39, 0.29) is 5.91 Å². The number of carbonyl (C=O) groups is 1. The van der Waals surface area contributed by atoms with Crippen LogP contribution in [-0.2, 0) is 0 Å². The lowest BCUT2D eigenvalue weighted by Crippen LogP contribution is -2.26. The van der Waals surface area contributed by atoms with Crippen molar-refractivity contribution in [3.63, 3.8) is 0 Å². The fourth-order valence-corrected chi connectivity index (χ4v) is 1.89. The molecule has 0 aliphatic carbocycles. The summed E-state index contributed by atoms with van der Waals surface area (Å²) in [6, 6.07) is 14.3. The van der Waals surface area contributed by atoms with Gasteiger partial charge in [0.05, 0.1) is 10.0 Å². The van der Waals surface area contributed by atoms with E-state index in [4.69, 9.17) is 23.2 Å². The molecule has 4 heteroatoms. The van der Waals surface area contributed by atoms with Crippen LogP contribution < -0.4 is 4.90 Å². The summed E-state index contributed by atoms with van der Waals surface area (Å²) in [4.78, 5) is 13.8. The van der Waals surface area contributed by atoms with Gasteiger partial charge >= 0.3 is 0 Å². The zero-order valence-electron chi connectivity index (χ0n) is 9.73. The van der Waals surface area contributed by atoms with Gasteiger partial charge in [-0.1, -0.05) is 41.4 Å². The minimum Gasteiger partial charge on any atom is -0.311 e. The third kappa shape index (κ3) is 2.66. The zero-order valence-corrected chi connectivity index (χ0v) is 11.2. The summed E-state index contributed by atoms with van der Waals surface area (Å²) in [6.07, 6.45) is 0. The molecule has 0 aliphatic rings. The summed E-state index contributed by atoms with van der Waals surface area (Å²) < 4.78 is 0. The van der Waals surface area contributed by atoms with Crippen molar-refractivity contribution in [2.75, 3.05) is 11.9 Å². The van der Waals surface area contributed by atoms with Crippen LogP contribution >= 0.6 is 23.2 Å². The lowest BCUT2D eigenvalue weighted by Gasteiger charge is -2.17. The molecule has 2 nitrogen and oxygen atoms in total. The Balaban J connectivity index is 2.29. The maximum absolute atomic E-state index is 12.2. The van der Waals surface area contributed by atoms with Crippen molar-refractivity contribution in [1.29, 1.82) is 0 Å². The summed E-state index contributed by atoms with van der Waals surface area (Å²) in [6.45, 7) is 0. The van der Waals surface area contributed by atoms with E-state index >= 15 is 0 Å². The highest BCUT2D eigenvalue weighted by Gasteiger charge is 2.14. The highest BCUT2D eigenvalue weighted by Crippen LogP contribution is 2.24. The Hall–Kier alpha value is -1.51. The van der Waals surface area contributed by atoms with E-state index in [0.717, 1.165) is 5.69 Å². The summed E-state index contributed by atoms with van der Waals surface area (Å²) in [7, 11) is 1.72. The smallest absolute Gasteiger partial charge is 0.258 e. The van der Waals surface area contributed by atoms with Gasteiger partial charge in [-0.3, -0.25) is 4.79 Å². The van der Waals surface area contributed by atoms with Crippen molar-refractivity contribution in [2.24, 2.45) is 0 Å². The molecule has 0 atom stereocenters. The van der Waals surface area contributed by atoms with Gasteiger partial charge in [0, 0.05) is 18.3 Å². The third-order valence-electron chi connectivity index (χ3n) is 2.61. The topological polar surface area (TPSA) is 20.3 Å². The second-order valence-electron chi connectivity index (χ2n) is 3.83. The van der Waals surface area contributed by atoms with Gasteiger partial charge in [-0.15, -0.1) is 0 Å². The molecule has 0 aromatic heterocycles. The predicted octanol–water partition coefficient (Wildman–Crippen LogP) is 4.27. The number of anilines is 1. The van der Waals surface area contributed by atoms with E-state index in [1.807, 2.05) is 30.3 Å².